The highest BCUT2D eigenvalue weighted by Gasteiger charge is 2.10. The van der Waals surface area contributed by atoms with Gasteiger partial charge in [-0.25, -0.2) is 14.4 Å². The lowest BCUT2D eigenvalue weighted by Crippen LogP contribution is -2.16. The van der Waals surface area contributed by atoms with E-state index in [9.17, 15) is 9.18 Å². The van der Waals surface area contributed by atoms with Crippen molar-refractivity contribution >= 4 is 17.5 Å². The Morgan fingerprint density at radius 2 is 1.90 bits per heavy atom. The number of rotatable bonds is 3. The van der Waals surface area contributed by atoms with Gasteiger partial charge >= 0.3 is 0 Å². The average Bonchev–Trinajstić information content (AvgIpc) is 2.43. The lowest BCUT2D eigenvalue weighted by atomic mass is 10.2. The lowest BCUT2D eigenvalue weighted by Gasteiger charge is -2.11. The number of nitrogens with zero attached hydrogens (tertiary/aromatic N) is 3. The van der Waals surface area contributed by atoms with E-state index >= 15 is 0 Å². The van der Waals surface area contributed by atoms with Crippen molar-refractivity contribution in [3.63, 3.8) is 0 Å². The second-order valence-corrected chi connectivity index (χ2v) is 4.58. The van der Waals surface area contributed by atoms with Gasteiger partial charge in [0.1, 0.15) is 5.82 Å². The highest BCUT2D eigenvalue weighted by Crippen LogP contribution is 2.17. The Bertz CT molecular complexity index is 626. The summed E-state index contributed by atoms with van der Waals surface area (Å²) in [5.41, 5.74) is 1.54. The first-order chi connectivity index (χ1) is 9.47. The largest absolute Gasteiger partial charge is 0.347 e. The predicted molar refractivity (Wildman–Crippen MR) is 75.4 cm³/mol. The maximum absolute atomic E-state index is 13.2. The van der Waals surface area contributed by atoms with Gasteiger partial charge in [-0.05, 0) is 24.6 Å². The van der Waals surface area contributed by atoms with Gasteiger partial charge in [0.2, 0.25) is 5.95 Å². The summed E-state index contributed by atoms with van der Waals surface area (Å²) in [6.45, 7) is 1.79. The van der Waals surface area contributed by atoms with E-state index in [1.807, 2.05) is 14.1 Å². The fourth-order valence-electron chi connectivity index (χ4n) is 1.59. The number of hydrogen-bond acceptors (Lipinski definition) is 4. The van der Waals surface area contributed by atoms with Crippen molar-refractivity contribution in [3.05, 3.63) is 47.5 Å². The molecule has 0 spiro atoms. The molecule has 0 aliphatic heterocycles. The Labute approximate surface area is 116 Å². The van der Waals surface area contributed by atoms with Crippen LogP contribution in [-0.2, 0) is 0 Å². The minimum absolute atomic E-state index is 0.319. The average molecular weight is 274 g/mol. The van der Waals surface area contributed by atoms with Crippen LogP contribution in [0.15, 0.2) is 30.6 Å². The molecule has 6 heteroatoms. The SMILES string of the molecule is Cc1ccc(F)cc1NC(=O)c1cnc(N(C)C)nc1. The van der Waals surface area contributed by atoms with Crippen LogP contribution in [0.3, 0.4) is 0 Å². The summed E-state index contributed by atoms with van der Waals surface area (Å²) in [6, 6.07) is 4.23. The molecular weight excluding hydrogens is 259 g/mol. The molecule has 0 unspecified atom stereocenters. The summed E-state index contributed by atoms with van der Waals surface area (Å²) >= 11 is 0. The third-order valence-corrected chi connectivity index (χ3v) is 2.75. The van der Waals surface area contributed by atoms with Crippen LogP contribution in [0.4, 0.5) is 16.0 Å². The van der Waals surface area contributed by atoms with Crippen molar-refractivity contribution in [2.75, 3.05) is 24.3 Å². The number of carbonyl (C=O) groups excluding carboxylic acids is 1. The summed E-state index contributed by atoms with van der Waals surface area (Å²) in [7, 11) is 3.62. The summed E-state index contributed by atoms with van der Waals surface area (Å²) < 4.78 is 13.2. The summed E-state index contributed by atoms with van der Waals surface area (Å²) in [5, 5.41) is 2.64. The minimum atomic E-state index is -0.398. The standard InChI is InChI=1S/C14H15FN4O/c1-9-4-5-11(15)6-12(9)18-13(20)10-7-16-14(17-8-10)19(2)3/h4-8H,1-3H3,(H,18,20). The molecule has 0 aliphatic carbocycles. The predicted octanol–water partition coefficient (Wildman–Crippen LogP) is 2.24. The first-order valence-corrected chi connectivity index (χ1v) is 6.04. The highest BCUT2D eigenvalue weighted by atomic mass is 19.1. The normalized spacial score (nSPS) is 10.2. The van der Waals surface area contributed by atoms with Crippen LogP contribution in [0.2, 0.25) is 0 Å². The van der Waals surface area contributed by atoms with E-state index < -0.39 is 5.82 Å². The highest BCUT2D eigenvalue weighted by molar-refractivity contribution is 6.04. The van der Waals surface area contributed by atoms with E-state index in [4.69, 9.17) is 0 Å². The molecule has 1 heterocycles. The molecule has 0 fully saturated rings. The van der Waals surface area contributed by atoms with E-state index in [0.29, 0.717) is 17.2 Å². The molecule has 1 amide bonds. The first kappa shape index (κ1) is 13.9. The first-order valence-electron chi connectivity index (χ1n) is 6.04. The molecule has 0 atom stereocenters. The zero-order valence-electron chi connectivity index (χ0n) is 11.5. The Morgan fingerprint density at radius 3 is 2.50 bits per heavy atom. The quantitative estimate of drug-likeness (QED) is 0.932. The Balaban J connectivity index is 2.17. The van der Waals surface area contributed by atoms with Crippen LogP contribution in [0.1, 0.15) is 15.9 Å². The Kier molecular flexibility index (Phi) is 3.93. The molecule has 20 heavy (non-hydrogen) atoms. The van der Waals surface area contributed by atoms with Gasteiger partial charge in [0.15, 0.2) is 0 Å². The molecule has 2 rings (SSSR count). The molecule has 0 aliphatic rings. The van der Waals surface area contributed by atoms with Crippen molar-refractivity contribution in [2.24, 2.45) is 0 Å². The Hall–Kier alpha value is -2.50. The van der Waals surface area contributed by atoms with Crippen molar-refractivity contribution in [1.29, 1.82) is 0 Å². The maximum Gasteiger partial charge on any atom is 0.258 e. The number of aromatic nitrogens is 2. The van der Waals surface area contributed by atoms with Gasteiger partial charge < -0.3 is 10.2 Å². The second kappa shape index (κ2) is 5.64. The molecule has 0 bridgehead atoms. The monoisotopic (exact) mass is 274 g/mol. The van der Waals surface area contributed by atoms with Crippen molar-refractivity contribution < 1.29 is 9.18 Å². The lowest BCUT2D eigenvalue weighted by molar-refractivity contribution is 0.102. The van der Waals surface area contributed by atoms with E-state index in [-0.39, 0.29) is 5.91 Å². The molecule has 0 radical (unpaired) electrons. The number of halogens is 1. The fourth-order valence-corrected chi connectivity index (χ4v) is 1.59. The van der Waals surface area contributed by atoms with E-state index in [1.165, 1.54) is 24.5 Å². The molecule has 1 N–H and O–H groups in total. The molecule has 2 aromatic rings. The zero-order chi connectivity index (χ0) is 14.7. The summed E-state index contributed by atoms with van der Waals surface area (Å²) in [4.78, 5) is 21.9. The van der Waals surface area contributed by atoms with Gasteiger partial charge in [0.05, 0.1) is 5.56 Å². The molecule has 0 saturated heterocycles. The third-order valence-electron chi connectivity index (χ3n) is 2.75. The van der Waals surface area contributed by atoms with Crippen LogP contribution in [0, 0.1) is 12.7 Å². The van der Waals surface area contributed by atoms with Gasteiger partial charge in [0, 0.05) is 32.2 Å². The second-order valence-electron chi connectivity index (χ2n) is 4.58. The van der Waals surface area contributed by atoms with E-state index in [1.54, 1.807) is 17.9 Å². The van der Waals surface area contributed by atoms with E-state index in [0.717, 1.165) is 5.56 Å². The molecular formula is C14H15FN4O. The Morgan fingerprint density at radius 1 is 1.25 bits per heavy atom. The van der Waals surface area contributed by atoms with E-state index in [2.05, 4.69) is 15.3 Å². The van der Waals surface area contributed by atoms with Gasteiger partial charge in [-0.3, -0.25) is 4.79 Å². The number of benzene rings is 1. The van der Waals surface area contributed by atoms with Crippen LogP contribution in [0.25, 0.3) is 0 Å². The minimum Gasteiger partial charge on any atom is -0.347 e. The van der Waals surface area contributed by atoms with Crippen molar-refractivity contribution in [3.8, 4) is 0 Å². The summed E-state index contributed by atoms with van der Waals surface area (Å²) in [6.07, 6.45) is 2.87. The molecule has 104 valence electrons. The third kappa shape index (κ3) is 3.09. The number of aryl methyl sites for hydroxylation is 1. The molecule has 1 aromatic carbocycles. The van der Waals surface area contributed by atoms with Gasteiger partial charge in [-0.1, -0.05) is 6.07 Å². The van der Waals surface area contributed by atoms with Crippen molar-refractivity contribution in [1.82, 2.24) is 9.97 Å². The topological polar surface area (TPSA) is 58.1 Å². The smallest absolute Gasteiger partial charge is 0.258 e. The number of nitrogens with one attached hydrogen (secondary N) is 1. The number of amides is 1. The number of hydrogen-bond donors (Lipinski definition) is 1. The number of carbonyl (C=O) groups is 1. The fraction of sp³-hybridized carbons (Fsp3) is 0.214. The number of anilines is 2. The van der Waals surface area contributed by atoms with Crippen LogP contribution < -0.4 is 10.2 Å². The zero-order valence-corrected chi connectivity index (χ0v) is 11.5. The van der Waals surface area contributed by atoms with Gasteiger partial charge in [-0.2, -0.15) is 0 Å². The van der Waals surface area contributed by atoms with Gasteiger partial charge in [0.25, 0.3) is 5.91 Å². The van der Waals surface area contributed by atoms with Crippen LogP contribution in [0.5, 0.6) is 0 Å². The van der Waals surface area contributed by atoms with Crippen LogP contribution >= 0.6 is 0 Å². The molecule has 0 saturated carbocycles. The molecule has 5 nitrogen and oxygen atoms in total. The molecule has 1 aromatic heterocycles. The summed E-state index contributed by atoms with van der Waals surface area (Å²) in [5.74, 6) is -0.252. The van der Waals surface area contributed by atoms with Crippen LogP contribution in [-0.4, -0.2) is 30.0 Å². The van der Waals surface area contributed by atoms with Gasteiger partial charge in [-0.15, -0.1) is 0 Å². The maximum atomic E-state index is 13.2. The van der Waals surface area contributed by atoms with Crippen molar-refractivity contribution in [2.45, 2.75) is 6.92 Å².